The molecule has 0 spiro atoms. The molecule has 0 aliphatic carbocycles. The maximum Gasteiger partial charge on any atom is 0.240 e. The molecule has 0 bridgehead atoms. The number of rotatable bonds is 5. The molecule has 0 aliphatic rings. The Kier molecular flexibility index (Phi) is 4.44. The highest BCUT2D eigenvalue weighted by atomic mass is 32.1. The molecule has 1 heterocycles. The van der Waals surface area contributed by atoms with Crippen molar-refractivity contribution in [1.29, 1.82) is 0 Å². The van der Waals surface area contributed by atoms with Crippen LogP contribution in [0.5, 0.6) is 0 Å². The van der Waals surface area contributed by atoms with Gasteiger partial charge in [0.15, 0.2) is 0 Å². The maximum atomic E-state index is 11.8. The number of hydrogen-bond donors (Lipinski definition) is 2. The maximum absolute atomic E-state index is 11.8. The first-order valence-corrected chi connectivity index (χ1v) is 6.26. The summed E-state index contributed by atoms with van der Waals surface area (Å²) >= 11 is 1.59. The van der Waals surface area contributed by atoms with Gasteiger partial charge >= 0.3 is 0 Å². The van der Waals surface area contributed by atoms with E-state index in [-0.39, 0.29) is 5.91 Å². The van der Waals surface area contributed by atoms with Crippen molar-refractivity contribution < 1.29 is 4.79 Å². The van der Waals surface area contributed by atoms with Crippen molar-refractivity contribution in [1.82, 2.24) is 10.3 Å². The predicted molar refractivity (Wildman–Crippen MR) is 66.2 cm³/mol. The Morgan fingerprint density at radius 1 is 1.69 bits per heavy atom. The van der Waals surface area contributed by atoms with Crippen molar-refractivity contribution in [2.45, 2.75) is 45.7 Å². The van der Waals surface area contributed by atoms with Crippen molar-refractivity contribution in [3.05, 3.63) is 16.1 Å². The highest BCUT2D eigenvalue weighted by Crippen LogP contribution is 2.12. The molecule has 4 nitrogen and oxygen atoms in total. The number of amides is 1. The summed E-state index contributed by atoms with van der Waals surface area (Å²) in [5, 5.41) is 3.74. The SMILES string of the molecule is CCCC(C)(N)C(=O)NCc1ncc(C)s1. The van der Waals surface area contributed by atoms with Crippen LogP contribution >= 0.6 is 11.3 Å². The smallest absolute Gasteiger partial charge is 0.240 e. The Bertz CT molecular complexity index is 360. The number of nitrogens with two attached hydrogens (primary N) is 1. The van der Waals surface area contributed by atoms with Gasteiger partial charge < -0.3 is 11.1 Å². The fourth-order valence-corrected chi connectivity index (χ4v) is 2.20. The van der Waals surface area contributed by atoms with E-state index in [9.17, 15) is 4.79 Å². The summed E-state index contributed by atoms with van der Waals surface area (Å²) in [5.41, 5.74) is 5.13. The van der Waals surface area contributed by atoms with Crippen molar-refractivity contribution in [3.63, 3.8) is 0 Å². The third kappa shape index (κ3) is 3.57. The molecular weight excluding hydrogens is 222 g/mol. The molecule has 0 radical (unpaired) electrons. The summed E-state index contributed by atoms with van der Waals surface area (Å²) < 4.78 is 0. The predicted octanol–water partition coefficient (Wildman–Crippen LogP) is 1.59. The lowest BCUT2D eigenvalue weighted by Gasteiger charge is -2.22. The van der Waals surface area contributed by atoms with Gasteiger partial charge in [-0.25, -0.2) is 4.98 Å². The van der Waals surface area contributed by atoms with E-state index in [4.69, 9.17) is 5.73 Å². The number of aryl methyl sites for hydroxylation is 1. The summed E-state index contributed by atoms with van der Waals surface area (Å²) in [6, 6.07) is 0. The van der Waals surface area contributed by atoms with Crippen molar-refractivity contribution in [3.8, 4) is 0 Å². The molecule has 1 unspecified atom stereocenters. The van der Waals surface area contributed by atoms with Crippen LogP contribution in [0.25, 0.3) is 0 Å². The van der Waals surface area contributed by atoms with Gasteiger partial charge in [-0.3, -0.25) is 4.79 Å². The quantitative estimate of drug-likeness (QED) is 0.822. The first-order valence-electron chi connectivity index (χ1n) is 5.44. The number of aromatic nitrogens is 1. The summed E-state index contributed by atoms with van der Waals surface area (Å²) in [7, 11) is 0. The molecular formula is C11H19N3OS. The largest absolute Gasteiger partial charge is 0.348 e. The second kappa shape index (κ2) is 5.41. The lowest BCUT2D eigenvalue weighted by atomic mass is 9.97. The van der Waals surface area contributed by atoms with Gasteiger partial charge in [0.05, 0.1) is 12.1 Å². The fraction of sp³-hybridized carbons (Fsp3) is 0.636. The third-order valence-corrected chi connectivity index (χ3v) is 3.27. The summed E-state index contributed by atoms with van der Waals surface area (Å²) in [6.45, 7) is 6.24. The average Bonchev–Trinajstić information content (AvgIpc) is 2.60. The summed E-state index contributed by atoms with van der Waals surface area (Å²) in [6.07, 6.45) is 3.40. The molecule has 16 heavy (non-hydrogen) atoms. The molecule has 90 valence electrons. The van der Waals surface area contributed by atoms with Crippen molar-refractivity contribution >= 4 is 17.2 Å². The van der Waals surface area contributed by atoms with Gasteiger partial charge in [0.2, 0.25) is 5.91 Å². The van der Waals surface area contributed by atoms with Crippen LogP contribution in [-0.4, -0.2) is 16.4 Å². The van der Waals surface area contributed by atoms with E-state index in [1.807, 2.05) is 13.8 Å². The standard InChI is InChI=1S/C11H19N3OS/c1-4-5-11(3,12)10(15)14-7-9-13-6-8(2)16-9/h6H,4-5,7,12H2,1-3H3,(H,14,15). The first-order chi connectivity index (χ1) is 7.45. The van der Waals surface area contributed by atoms with E-state index < -0.39 is 5.54 Å². The van der Waals surface area contributed by atoms with E-state index >= 15 is 0 Å². The van der Waals surface area contributed by atoms with Crippen LogP contribution < -0.4 is 11.1 Å². The third-order valence-electron chi connectivity index (χ3n) is 2.36. The highest BCUT2D eigenvalue weighted by Gasteiger charge is 2.26. The zero-order valence-electron chi connectivity index (χ0n) is 10.0. The number of carbonyl (C=O) groups excluding carboxylic acids is 1. The van der Waals surface area contributed by atoms with Crippen LogP contribution in [0.15, 0.2) is 6.20 Å². The van der Waals surface area contributed by atoms with Crippen LogP contribution in [-0.2, 0) is 11.3 Å². The van der Waals surface area contributed by atoms with Crippen molar-refractivity contribution in [2.24, 2.45) is 5.73 Å². The molecule has 1 rings (SSSR count). The van der Waals surface area contributed by atoms with E-state index in [1.165, 1.54) is 0 Å². The molecule has 0 saturated heterocycles. The second-order valence-electron chi connectivity index (χ2n) is 4.21. The average molecular weight is 241 g/mol. The van der Waals surface area contributed by atoms with Crippen LogP contribution in [0.2, 0.25) is 0 Å². The molecule has 5 heteroatoms. The first kappa shape index (κ1) is 13.1. The van der Waals surface area contributed by atoms with Gasteiger partial charge in [0.1, 0.15) is 5.01 Å². The molecule has 0 aliphatic heterocycles. The second-order valence-corrected chi connectivity index (χ2v) is 5.53. The van der Waals surface area contributed by atoms with Crippen molar-refractivity contribution in [2.75, 3.05) is 0 Å². The molecule has 1 aromatic rings. The molecule has 3 N–H and O–H groups in total. The zero-order valence-corrected chi connectivity index (χ0v) is 10.9. The lowest BCUT2D eigenvalue weighted by Crippen LogP contribution is -2.51. The molecule has 1 amide bonds. The monoisotopic (exact) mass is 241 g/mol. The van der Waals surface area contributed by atoms with E-state index in [2.05, 4.69) is 10.3 Å². The number of hydrogen-bond acceptors (Lipinski definition) is 4. The van der Waals surface area contributed by atoms with Gasteiger partial charge in [0, 0.05) is 11.1 Å². The topological polar surface area (TPSA) is 68.0 Å². The fourth-order valence-electron chi connectivity index (χ4n) is 1.47. The minimum absolute atomic E-state index is 0.109. The van der Waals surface area contributed by atoms with Crippen LogP contribution in [0.3, 0.4) is 0 Å². The van der Waals surface area contributed by atoms with Crippen LogP contribution in [0.4, 0.5) is 0 Å². The lowest BCUT2D eigenvalue weighted by molar-refractivity contribution is -0.126. The van der Waals surface area contributed by atoms with Gasteiger partial charge in [-0.05, 0) is 20.3 Å². The highest BCUT2D eigenvalue weighted by molar-refractivity contribution is 7.11. The van der Waals surface area contributed by atoms with Crippen LogP contribution in [0, 0.1) is 6.92 Å². The van der Waals surface area contributed by atoms with E-state index in [1.54, 1.807) is 24.5 Å². The number of nitrogens with one attached hydrogen (secondary N) is 1. The Balaban J connectivity index is 2.46. The molecule has 0 aromatic carbocycles. The van der Waals surface area contributed by atoms with E-state index in [0.29, 0.717) is 13.0 Å². The van der Waals surface area contributed by atoms with Gasteiger partial charge in [-0.1, -0.05) is 13.3 Å². The summed E-state index contributed by atoms with van der Waals surface area (Å²) in [4.78, 5) is 17.1. The minimum Gasteiger partial charge on any atom is -0.348 e. The molecule has 1 atom stereocenters. The van der Waals surface area contributed by atoms with Gasteiger partial charge in [-0.15, -0.1) is 11.3 Å². The Morgan fingerprint density at radius 2 is 2.38 bits per heavy atom. The Morgan fingerprint density at radius 3 is 2.88 bits per heavy atom. The van der Waals surface area contributed by atoms with Crippen LogP contribution in [0.1, 0.15) is 36.6 Å². The van der Waals surface area contributed by atoms with Gasteiger partial charge in [0.25, 0.3) is 0 Å². The number of thiazole rings is 1. The summed E-state index contributed by atoms with van der Waals surface area (Å²) in [5.74, 6) is -0.109. The molecule has 1 aromatic heterocycles. The Labute approximate surface area is 100 Å². The molecule has 0 saturated carbocycles. The Hall–Kier alpha value is -0.940. The number of carbonyl (C=O) groups is 1. The number of nitrogens with zero attached hydrogens (tertiary/aromatic N) is 1. The molecule has 0 fully saturated rings. The zero-order chi connectivity index (χ0) is 12.2. The minimum atomic E-state index is -0.777. The van der Waals surface area contributed by atoms with Gasteiger partial charge in [-0.2, -0.15) is 0 Å². The van der Waals surface area contributed by atoms with E-state index in [0.717, 1.165) is 16.3 Å². The normalized spacial score (nSPS) is 14.5.